The number of urea groups is 1. The first kappa shape index (κ1) is 14.9. The Hall–Kier alpha value is -1.99. The highest BCUT2D eigenvalue weighted by Crippen LogP contribution is 2.20. The Bertz CT molecular complexity index is 681. The number of amides is 3. The van der Waals surface area contributed by atoms with E-state index in [1.54, 1.807) is 11.3 Å². The first-order valence-corrected chi connectivity index (χ1v) is 8.14. The van der Waals surface area contributed by atoms with E-state index in [-0.39, 0.29) is 18.0 Å². The zero-order valence-electron chi connectivity index (χ0n) is 12.6. The van der Waals surface area contributed by atoms with Crippen LogP contribution >= 0.6 is 11.3 Å². The molecule has 1 aliphatic rings. The number of rotatable bonds is 4. The number of benzene rings is 1. The zero-order chi connectivity index (χ0) is 15.7. The van der Waals surface area contributed by atoms with E-state index >= 15 is 0 Å². The van der Waals surface area contributed by atoms with Gasteiger partial charge in [0.15, 0.2) is 6.04 Å². The number of likely N-dealkylation sites (N-methyl/N-ethyl adjacent to an activating group) is 1. The number of aromatic nitrogens is 1. The molecule has 22 heavy (non-hydrogen) atoms. The molecule has 0 aliphatic carbocycles. The van der Waals surface area contributed by atoms with Crippen molar-refractivity contribution in [2.75, 3.05) is 20.1 Å². The molecule has 116 valence electrons. The van der Waals surface area contributed by atoms with Crippen molar-refractivity contribution in [2.45, 2.75) is 19.5 Å². The number of para-hydroxylation sites is 1. The Labute approximate surface area is 132 Å². The standard InChI is InChI=1S/C15H18N4O2S/c1-10(14(20)19-8-7-16-15(19)21)18(2)9-13-17-11-5-3-4-6-12(11)22-13/h3-6,10H,7-9H2,1-2H3,(H,16,21)/p+1/t10-/m1/s1. The van der Waals surface area contributed by atoms with Gasteiger partial charge in [0.25, 0.3) is 5.91 Å². The minimum atomic E-state index is -0.287. The van der Waals surface area contributed by atoms with Crippen LogP contribution in [0, 0.1) is 0 Å². The molecule has 0 saturated carbocycles. The molecule has 2 heterocycles. The van der Waals surface area contributed by atoms with Gasteiger partial charge in [-0.15, -0.1) is 11.3 Å². The molecule has 1 fully saturated rings. The Balaban J connectivity index is 1.69. The van der Waals surface area contributed by atoms with Crippen LogP contribution in [0.15, 0.2) is 24.3 Å². The van der Waals surface area contributed by atoms with Gasteiger partial charge in [0.2, 0.25) is 0 Å². The molecule has 1 aliphatic heterocycles. The number of thiazole rings is 1. The highest BCUT2D eigenvalue weighted by Gasteiger charge is 2.33. The number of hydrogen-bond acceptors (Lipinski definition) is 4. The molecule has 7 heteroatoms. The lowest BCUT2D eigenvalue weighted by Gasteiger charge is -2.23. The summed E-state index contributed by atoms with van der Waals surface area (Å²) in [5.74, 6) is -0.131. The van der Waals surface area contributed by atoms with E-state index in [4.69, 9.17) is 0 Å². The number of hydrogen-bond donors (Lipinski definition) is 2. The van der Waals surface area contributed by atoms with Gasteiger partial charge in [-0.1, -0.05) is 12.1 Å². The Morgan fingerprint density at radius 2 is 2.27 bits per heavy atom. The third kappa shape index (κ3) is 2.82. The first-order chi connectivity index (χ1) is 10.6. The molecule has 1 aromatic carbocycles. The molecule has 1 aromatic heterocycles. The molecular weight excluding hydrogens is 300 g/mol. The van der Waals surface area contributed by atoms with Crippen LogP contribution in [-0.2, 0) is 11.3 Å². The molecule has 2 aromatic rings. The fourth-order valence-electron chi connectivity index (χ4n) is 2.51. The van der Waals surface area contributed by atoms with Crippen molar-refractivity contribution in [3.05, 3.63) is 29.3 Å². The second-order valence-corrected chi connectivity index (χ2v) is 6.66. The highest BCUT2D eigenvalue weighted by atomic mass is 32.1. The van der Waals surface area contributed by atoms with Gasteiger partial charge >= 0.3 is 6.03 Å². The lowest BCUT2D eigenvalue weighted by molar-refractivity contribution is -0.908. The summed E-state index contributed by atoms with van der Waals surface area (Å²) in [5, 5.41) is 3.66. The van der Waals surface area contributed by atoms with E-state index in [0.717, 1.165) is 20.1 Å². The fourth-order valence-corrected chi connectivity index (χ4v) is 3.58. The lowest BCUT2D eigenvalue weighted by Crippen LogP contribution is -3.12. The van der Waals surface area contributed by atoms with Crippen LogP contribution in [0.5, 0.6) is 0 Å². The topological polar surface area (TPSA) is 66.7 Å². The summed E-state index contributed by atoms with van der Waals surface area (Å²) >= 11 is 1.65. The average Bonchev–Trinajstić information content (AvgIpc) is 3.10. The summed E-state index contributed by atoms with van der Waals surface area (Å²) in [4.78, 5) is 30.9. The molecule has 1 saturated heterocycles. The summed E-state index contributed by atoms with van der Waals surface area (Å²) < 4.78 is 1.16. The van der Waals surface area contributed by atoms with E-state index in [1.165, 1.54) is 4.90 Å². The molecule has 6 nitrogen and oxygen atoms in total. The molecule has 0 bridgehead atoms. The number of carbonyl (C=O) groups is 2. The van der Waals surface area contributed by atoms with Gasteiger partial charge in [-0.2, -0.15) is 0 Å². The van der Waals surface area contributed by atoms with Crippen molar-refractivity contribution in [1.29, 1.82) is 0 Å². The Morgan fingerprint density at radius 3 is 2.95 bits per heavy atom. The summed E-state index contributed by atoms with van der Waals surface area (Å²) in [5.41, 5.74) is 0.994. The SMILES string of the molecule is C[C@H](C(=O)N1CCNC1=O)[NH+](C)Cc1nc2ccccc2s1. The van der Waals surface area contributed by atoms with Crippen LogP contribution < -0.4 is 10.2 Å². The van der Waals surface area contributed by atoms with E-state index in [9.17, 15) is 9.59 Å². The fraction of sp³-hybridized carbons (Fsp3) is 0.400. The minimum absolute atomic E-state index is 0.131. The summed E-state index contributed by atoms with van der Waals surface area (Å²) in [7, 11) is 1.96. The second-order valence-electron chi connectivity index (χ2n) is 5.54. The van der Waals surface area contributed by atoms with E-state index < -0.39 is 0 Å². The largest absolute Gasteiger partial charge is 0.336 e. The number of carbonyl (C=O) groups excluding carboxylic acids is 2. The molecule has 0 radical (unpaired) electrons. The van der Waals surface area contributed by atoms with Crippen molar-refractivity contribution in [1.82, 2.24) is 15.2 Å². The zero-order valence-corrected chi connectivity index (χ0v) is 13.4. The molecule has 3 amide bonds. The molecular formula is C15H19N4O2S+. The van der Waals surface area contributed by atoms with Crippen molar-refractivity contribution >= 4 is 33.5 Å². The predicted octanol–water partition coefficient (Wildman–Crippen LogP) is 0.251. The maximum Gasteiger partial charge on any atom is 0.324 e. The van der Waals surface area contributed by atoms with Crippen molar-refractivity contribution in [3.63, 3.8) is 0 Å². The second kappa shape index (κ2) is 6.02. The number of nitrogens with zero attached hydrogens (tertiary/aromatic N) is 2. The summed E-state index contributed by atoms with van der Waals surface area (Å²) in [6.07, 6.45) is 0. The molecule has 1 unspecified atom stereocenters. The minimum Gasteiger partial charge on any atom is -0.336 e. The highest BCUT2D eigenvalue weighted by molar-refractivity contribution is 7.18. The summed E-state index contributed by atoms with van der Waals surface area (Å²) in [6, 6.07) is 7.45. The smallest absolute Gasteiger partial charge is 0.324 e. The number of nitrogens with one attached hydrogen (secondary N) is 2. The number of quaternary nitrogens is 1. The van der Waals surface area contributed by atoms with Crippen molar-refractivity contribution in [2.24, 2.45) is 0 Å². The number of fused-ring (bicyclic) bond motifs is 1. The molecule has 3 rings (SSSR count). The van der Waals surface area contributed by atoms with Gasteiger partial charge in [-0.3, -0.25) is 9.69 Å². The third-order valence-electron chi connectivity index (χ3n) is 4.00. The van der Waals surface area contributed by atoms with Gasteiger partial charge in [0.1, 0.15) is 11.6 Å². The van der Waals surface area contributed by atoms with Crippen LogP contribution in [-0.4, -0.2) is 48.0 Å². The van der Waals surface area contributed by atoms with E-state index in [0.29, 0.717) is 19.6 Å². The lowest BCUT2D eigenvalue weighted by atomic mass is 10.2. The first-order valence-electron chi connectivity index (χ1n) is 7.32. The maximum atomic E-state index is 12.4. The van der Waals surface area contributed by atoms with Gasteiger partial charge in [-0.05, 0) is 19.1 Å². The van der Waals surface area contributed by atoms with Gasteiger partial charge in [0.05, 0.1) is 17.3 Å². The van der Waals surface area contributed by atoms with Crippen LogP contribution in [0.2, 0.25) is 0 Å². The van der Waals surface area contributed by atoms with Crippen LogP contribution in [0.1, 0.15) is 11.9 Å². The predicted molar refractivity (Wildman–Crippen MR) is 84.8 cm³/mol. The van der Waals surface area contributed by atoms with E-state index in [1.807, 2.05) is 32.2 Å². The average molecular weight is 319 g/mol. The van der Waals surface area contributed by atoms with Gasteiger partial charge < -0.3 is 10.2 Å². The molecule has 2 N–H and O–H groups in total. The Morgan fingerprint density at radius 1 is 1.50 bits per heavy atom. The van der Waals surface area contributed by atoms with Crippen LogP contribution in [0.3, 0.4) is 0 Å². The number of imide groups is 1. The monoisotopic (exact) mass is 319 g/mol. The van der Waals surface area contributed by atoms with Crippen molar-refractivity contribution in [3.8, 4) is 0 Å². The molecule has 2 atom stereocenters. The normalized spacial score (nSPS) is 17.5. The summed E-state index contributed by atoms with van der Waals surface area (Å²) in [6.45, 7) is 3.52. The van der Waals surface area contributed by atoms with Crippen LogP contribution in [0.25, 0.3) is 10.2 Å². The Kier molecular flexibility index (Phi) is 4.08. The van der Waals surface area contributed by atoms with Crippen LogP contribution in [0.4, 0.5) is 4.79 Å². The third-order valence-corrected chi connectivity index (χ3v) is 5.04. The quantitative estimate of drug-likeness (QED) is 0.849. The van der Waals surface area contributed by atoms with Gasteiger partial charge in [-0.25, -0.2) is 9.78 Å². The van der Waals surface area contributed by atoms with Gasteiger partial charge in [0, 0.05) is 13.1 Å². The van der Waals surface area contributed by atoms with E-state index in [2.05, 4.69) is 16.4 Å². The maximum absolute atomic E-state index is 12.4. The van der Waals surface area contributed by atoms with Crippen molar-refractivity contribution < 1.29 is 14.5 Å². The molecule has 0 spiro atoms.